The molecule has 1 aromatic rings. The predicted octanol–water partition coefficient (Wildman–Crippen LogP) is 1.83. The number of aryl methyl sites for hydroxylation is 1. The Morgan fingerprint density at radius 2 is 2.21 bits per heavy atom. The molecule has 1 saturated heterocycles. The molecule has 19 heavy (non-hydrogen) atoms. The number of hydrogen-bond donors (Lipinski definition) is 1. The summed E-state index contributed by atoms with van der Waals surface area (Å²) in [5.74, 6) is 2.12. The Morgan fingerprint density at radius 1 is 1.42 bits per heavy atom. The van der Waals surface area contributed by atoms with Crippen LogP contribution in [0.25, 0.3) is 0 Å². The molecule has 0 spiro atoms. The normalized spacial score (nSPS) is 22.0. The quantitative estimate of drug-likeness (QED) is 0.880. The van der Waals surface area contributed by atoms with Gasteiger partial charge in [-0.15, -0.1) is 0 Å². The van der Waals surface area contributed by atoms with Crippen molar-refractivity contribution in [1.29, 1.82) is 0 Å². The average molecular weight is 265 g/mol. The van der Waals surface area contributed by atoms with E-state index in [0.717, 1.165) is 50.8 Å². The van der Waals surface area contributed by atoms with Crippen LogP contribution < -0.4 is 5.32 Å². The fourth-order valence-corrected chi connectivity index (χ4v) is 2.71. The number of hydrogen-bond acceptors (Lipinski definition) is 4. The summed E-state index contributed by atoms with van der Waals surface area (Å²) >= 11 is 0. The van der Waals surface area contributed by atoms with E-state index in [4.69, 9.17) is 4.42 Å². The molecule has 0 aromatic carbocycles. The summed E-state index contributed by atoms with van der Waals surface area (Å²) in [5, 5.41) is 3.31. The summed E-state index contributed by atoms with van der Waals surface area (Å²) in [4.78, 5) is 4.95. The third-order valence-electron chi connectivity index (χ3n) is 3.96. The van der Waals surface area contributed by atoms with Gasteiger partial charge in [0.15, 0.2) is 0 Å². The van der Waals surface area contributed by atoms with Crippen molar-refractivity contribution in [3.63, 3.8) is 0 Å². The predicted molar refractivity (Wildman–Crippen MR) is 78.2 cm³/mol. The van der Waals surface area contributed by atoms with Crippen LogP contribution in [0.1, 0.15) is 30.9 Å². The van der Waals surface area contributed by atoms with E-state index < -0.39 is 0 Å². The Morgan fingerprint density at radius 3 is 2.89 bits per heavy atom. The largest absolute Gasteiger partial charge is 0.465 e. The summed E-state index contributed by atoms with van der Waals surface area (Å²) in [6.07, 6.45) is 0. The van der Waals surface area contributed by atoms with Crippen LogP contribution in [0.4, 0.5) is 0 Å². The van der Waals surface area contributed by atoms with Crippen molar-refractivity contribution in [2.45, 2.75) is 39.9 Å². The lowest BCUT2D eigenvalue weighted by Crippen LogP contribution is -2.49. The Labute approximate surface area is 116 Å². The maximum Gasteiger partial charge on any atom is 0.118 e. The van der Waals surface area contributed by atoms with E-state index in [0.29, 0.717) is 6.04 Å². The van der Waals surface area contributed by atoms with Gasteiger partial charge in [0.25, 0.3) is 0 Å². The van der Waals surface area contributed by atoms with Crippen LogP contribution in [0.3, 0.4) is 0 Å². The minimum Gasteiger partial charge on any atom is -0.465 e. The smallest absolute Gasteiger partial charge is 0.118 e. The lowest BCUT2D eigenvalue weighted by Gasteiger charge is -2.38. The molecule has 4 nitrogen and oxygen atoms in total. The number of rotatable bonds is 5. The van der Waals surface area contributed by atoms with Gasteiger partial charge >= 0.3 is 0 Å². The molecule has 1 atom stereocenters. The summed E-state index contributed by atoms with van der Waals surface area (Å²) in [6.45, 7) is 12.8. The molecule has 1 unspecified atom stereocenters. The van der Waals surface area contributed by atoms with Crippen molar-refractivity contribution in [3.8, 4) is 0 Å². The molecule has 1 N–H and O–H groups in total. The summed E-state index contributed by atoms with van der Waals surface area (Å²) in [7, 11) is 2.20. The van der Waals surface area contributed by atoms with Crippen LogP contribution in [-0.2, 0) is 13.1 Å². The van der Waals surface area contributed by atoms with Gasteiger partial charge in [-0.1, -0.05) is 6.92 Å². The van der Waals surface area contributed by atoms with Crippen LogP contribution in [0, 0.1) is 6.92 Å². The van der Waals surface area contributed by atoms with Crippen LogP contribution in [0.2, 0.25) is 0 Å². The third kappa shape index (κ3) is 3.81. The number of furan rings is 1. The second kappa shape index (κ2) is 6.55. The van der Waals surface area contributed by atoms with E-state index in [1.165, 1.54) is 5.56 Å². The van der Waals surface area contributed by atoms with Gasteiger partial charge in [0, 0.05) is 37.8 Å². The molecule has 1 aliphatic rings. The van der Waals surface area contributed by atoms with Gasteiger partial charge in [-0.05, 0) is 33.5 Å². The minimum absolute atomic E-state index is 0.616. The molecule has 0 radical (unpaired) electrons. The summed E-state index contributed by atoms with van der Waals surface area (Å²) < 4.78 is 5.82. The Kier molecular flexibility index (Phi) is 5.02. The molecule has 1 fully saturated rings. The lowest BCUT2D eigenvalue weighted by atomic mass is 10.1. The Hall–Kier alpha value is -0.840. The zero-order valence-corrected chi connectivity index (χ0v) is 12.7. The number of likely N-dealkylation sites (N-methyl/N-ethyl adjacent to an activating group) is 1. The van der Waals surface area contributed by atoms with Crippen LogP contribution >= 0.6 is 0 Å². The lowest BCUT2D eigenvalue weighted by molar-refractivity contribution is 0.0934. The first-order valence-electron chi connectivity index (χ1n) is 7.31. The van der Waals surface area contributed by atoms with Crippen LogP contribution in [0.15, 0.2) is 10.5 Å². The highest BCUT2D eigenvalue weighted by Crippen LogP contribution is 2.19. The van der Waals surface area contributed by atoms with Gasteiger partial charge in [-0.2, -0.15) is 0 Å². The highest BCUT2D eigenvalue weighted by molar-refractivity contribution is 5.21. The van der Waals surface area contributed by atoms with Crippen molar-refractivity contribution < 1.29 is 4.42 Å². The molecule has 108 valence electrons. The van der Waals surface area contributed by atoms with Crippen molar-refractivity contribution in [2.75, 3.05) is 33.2 Å². The molecular formula is C15H27N3O. The van der Waals surface area contributed by atoms with Crippen molar-refractivity contribution in [1.82, 2.24) is 15.1 Å². The first-order chi connectivity index (χ1) is 9.10. The number of nitrogens with one attached hydrogen (secondary N) is 1. The maximum atomic E-state index is 5.82. The first kappa shape index (κ1) is 14.6. The molecule has 1 aromatic heterocycles. The van der Waals surface area contributed by atoms with E-state index in [2.05, 4.69) is 49.0 Å². The zero-order valence-electron chi connectivity index (χ0n) is 12.7. The zero-order chi connectivity index (χ0) is 13.8. The van der Waals surface area contributed by atoms with Crippen molar-refractivity contribution in [2.24, 2.45) is 0 Å². The van der Waals surface area contributed by atoms with Gasteiger partial charge < -0.3 is 14.6 Å². The minimum atomic E-state index is 0.616. The van der Waals surface area contributed by atoms with E-state index in [9.17, 15) is 0 Å². The second-order valence-corrected chi connectivity index (χ2v) is 5.66. The first-order valence-corrected chi connectivity index (χ1v) is 7.31. The summed E-state index contributed by atoms with van der Waals surface area (Å²) in [6, 6.07) is 2.83. The topological polar surface area (TPSA) is 31.6 Å². The van der Waals surface area contributed by atoms with Crippen molar-refractivity contribution >= 4 is 0 Å². The van der Waals surface area contributed by atoms with E-state index in [1.807, 2.05) is 0 Å². The molecule has 2 heterocycles. The molecule has 0 saturated carbocycles. The highest BCUT2D eigenvalue weighted by atomic mass is 16.3. The van der Waals surface area contributed by atoms with Crippen LogP contribution in [-0.4, -0.2) is 49.1 Å². The van der Waals surface area contributed by atoms with Gasteiger partial charge in [0.05, 0.1) is 6.54 Å². The van der Waals surface area contributed by atoms with E-state index >= 15 is 0 Å². The number of piperazine rings is 1. The van der Waals surface area contributed by atoms with E-state index in [1.54, 1.807) is 0 Å². The monoisotopic (exact) mass is 265 g/mol. The van der Waals surface area contributed by atoms with Gasteiger partial charge in [-0.3, -0.25) is 4.90 Å². The SMILES string of the molecule is CCNCc1cc(CN2CCN(C)CC2C)c(C)o1. The van der Waals surface area contributed by atoms with Gasteiger partial charge in [0.1, 0.15) is 11.5 Å². The molecule has 0 amide bonds. The highest BCUT2D eigenvalue weighted by Gasteiger charge is 2.22. The summed E-state index contributed by atoms with van der Waals surface area (Å²) in [5.41, 5.74) is 1.34. The standard InChI is InChI=1S/C15H27N3O/c1-5-16-9-15-8-14(13(3)19-15)11-18-7-6-17(4)10-12(18)2/h8,12,16H,5-7,9-11H2,1-4H3. The van der Waals surface area contributed by atoms with Gasteiger partial charge in [0.2, 0.25) is 0 Å². The van der Waals surface area contributed by atoms with Gasteiger partial charge in [-0.25, -0.2) is 0 Å². The van der Waals surface area contributed by atoms with Crippen molar-refractivity contribution in [3.05, 3.63) is 23.2 Å². The molecular weight excluding hydrogens is 238 g/mol. The number of nitrogens with zero attached hydrogens (tertiary/aromatic N) is 2. The third-order valence-corrected chi connectivity index (χ3v) is 3.96. The maximum absolute atomic E-state index is 5.82. The molecule has 2 rings (SSSR count). The molecule has 1 aliphatic heterocycles. The fraction of sp³-hybridized carbons (Fsp3) is 0.733. The van der Waals surface area contributed by atoms with Crippen LogP contribution in [0.5, 0.6) is 0 Å². The molecule has 0 aliphatic carbocycles. The second-order valence-electron chi connectivity index (χ2n) is 5.66. The molecule has 4 heteroatoms. The molecule has 0 bridgehead atoms. The average Bonchev–Trinajstić information content (AvgIpc) is 2.71. The Balaban J connectivity index is 1.96. The fourth-order valence-electron chi connectivity index (χ4n) is 2.71. The Bertz CT molecular complexity index is 402. The van der Waals surface area contributed by atoms with E-state index in [-0.39, 0.29) is 0 Å².